The monoisotopic (exact) mass is 376 g/mol. The maximum Gasteiger partial charge on any atom is 0.263 e. The molecule has 0 saturated heterocycles. The van der Waals surface area contributed by atoms with Gasteiger partial charge in [-0.2, -0.15) is 10.1 Å². The summed E-state index contributed by atoms with van der Waals surface area (Å²) in [6.07, 6.45) is 0. The Bertz CT molecular complexity index is 731. The summed E-state index contributed by atoms with van der Waals surface area (Å²) in [5, 5.41) is 7.49. The highest BCUT2D eigenvalue weighted by Gasteiger charge is 2.14. The highest BCUT2D eigenvalue weighted by molar-refractivity contribution is 6.42. The van der Waals surface area contributed by atoms with E-state index in [9.17, 15) is 4.79 Å². The standard InChI is InChI=1S/C14H15Cl3N4O2/c1-7(2)21-11(4-8(3)20-21)18-12(22)6-23-14-10(16)5-9(15)13(17)19-14/h4-5,7H,6H2,1-3H3,(H,18,22). The van der Waals surface area contributed by atoms with Gasteiger partial charge >= 0.3 is 0 Å². The lowest BCUT2D eigenvalue weighted by atomic mass is 10.4. The average molecular weight is 378 g/mol. The second-order valence-electron chi connectivity index (χ2n) is 5.09. The Balaban J connectivity index is 2.02. The summed E-state index contributed by atoms with van der Waals surface area (Å²) in [5.74, 6) is 0.278. The summed E-state index contributed by atoms with van der Waals surface area (Å²) in [7, 11) is 0. The van der Waals surface area contributed by atoms with E-state index < -0.39 is 0 Å². The second kappa shape index (κ2) is 7.38. The Morgan fingerprint density at radius 3 is 2.65 bits per heavy atom. The molecule has 0 saturated carbocycles. The fourth-order valence-corrected chi connectivity index (χ4v) is 2.39. The molecule has 23 heavy (non-hydrogen) atoms. The van der Waals surface area contributed by atoms with E-state index in [0.717, 1.165) is 5.69 Å². The van der Waals surface area contributed by atoms with Crippen LogP contribution in [-0.2, 0) is 4.79 Å². The Hall–Kier alpha value is -1.50. The molecule has 1 N–H and O–H groups in total. The number of nitrogens with one attached hydrogen (secondary N) is 1. The molecule has 1 amide bonds. The quantitative estimate of drug-likeness (QED) is 0.795. The van der Waals surface area contributed by atoms with Crippen LogP contribution in [0.15, 0.2) is 12.1 Å². The second-order valence-corrected chi connectivity index (χ2v) is 6.27. The van der Waals surface area contributed by atoms with Crippen molar-refractivity contribution < 1.29 is 9.53 Å². The number of hydrogen-bond donors (Lipinski definition) is 1. The van der Waals surface area contributed by atoms with Gasteiger partial charge in [0.05, 0.1) is 10.7 Å². The number of carbonyl (C=O) groups excluding carboxylic acids is 1. The zero-order valence-electron chi connectivity index (χ0n) is 12.7. The van der Waals surface area contributed by atoms with Crippen LogP contribution in [0.5, 0.6) is 5.88 Å². The van der Waals surface area contributed by atoms with E-state index in [0.29, 0.717) is 5.82 Å². The minimum absolute atomic E-state index is 0.0461. The summed E-state index contributed by atoms with van der Waals surface area (Å²) < 4.78 is 7.01. The Labute approximate surface area is 148 Å². The van der Waals surface area contributed by atoms with Gasteiger partial charge in [-0.1, -0.05) is 34.8 Å². The van der Waals surface area contributed by atoms with Gasteiger partial charge in [0.25, 0.3) is 5.91 Å². The first-order valence-electron chi connectivity index (χ1n) is 6.78. The van der Waals surface area contributed by atoms with Crippen molar-refractivity contribution >= 4 is 46.5 Å². The van der Waals surface area contributed by atoms with Crippen LogP contribution in [0.4, 0.5) is 5.82 Å². The number of carbonyl (C=O) groups is 1. The number of anilines is 1. The molecule has 0 fully saturated rings. The smallest absolute Gasteiger partial charge is 0.263 e. The molecule has 0 unspecified atom stereocenters. The average Bonchev–Trinajstić information content (AvgIpc) is 2.82. The summed E-state index contributed by atoms with van der Waals surface area (Å²) in [6, 6.07) is 3.30. The number of nitrogens with zero attached hydrogens (tertiary/aromatic N) is 3. The third kappa shape index (κ3) is 4.50. The minimum atomic E-state index is -0.365. The van der Waals surface area contributed by atoms with Crippen LogP contribution in [0.2, 0.25) is 15.2 Å². The van der Waals surface area contributed by atoms with Crippen LogP contribution in [-0.4, -0.2) is 27.3 Å². The van der Waals surface area contributed by atoms with Crippen molar-refractivity contribution in [3.8, 4) is 5.88 Å². The maximum atomic E-state index is 12.0. The van der Waals surface area contributed by atoms with Crippen molar-refractivity contribution in [1.29, 1.82) is 0 Å². The van der Waals surface area contributed by atoms with E-state index in [4.69, 9.17) is 39.5 Å². The Kier molecular flexibility index (Phi) is 5.73. The van der Waals surface area contributed by atoms with Crippen molar-refractivity contribution in [2.45, 2.75) is 26.8 Å². The molecule has 0 aliphatic carbocycles. The van der Waals surface area contributed by atoms with Gasteiger partial charge in [0, 0.05) is 12.1 Å². The molecule has 0 aliphatic rings. The maximum absolute atomic E-state index is 12.0. The first-order chi connectivity index (χ1) is 10.8. The van der Waals surface area contributed by atoms with Gasteiger partial charge in [0.15, 0.2) is 11.8 Å². The molecule has 0 bridgehead atoms. The van der Waals surface area contributed by atoms with E-state index in [1.54, 1.807) is 10.7 Å². The zero-order chi connectivity index (χ0) is 17.1. The highest BCUT2D eigenvalue weighted by Crippen LogP contribution is 2.30. The van der Waals surface area contributed by atoms with Gasteiger partial charge in [0.1, 0.15) is 10.8 Å². The molecule has 124 valence electrons. The van der Waals surface area contributed by atoms with Gasteiger partial charge in [-0.05, 0) is 26.8 Å². The van der Waals surface area contributed by atoms with Crippen LogP contribution >= 0.6 is 34.8 Å². The normalized spacial score (nSPS) is 10.9. The molecular formula is C14H15Cl3N4O2. The number of hydrogen-bond acceptors (Lipinski definition) is 4. The van der Waals surface area contributed by atoms with E-state index in [1.807, 2.05) is 20.8 Å². The predicted octanol–water partition coefficient (Wildman–Crippen LogP) is 4.15. The topological polar surface area (TPSA) is 69.0 Å². The van der Waals surface area contributed by atoms with Crippen molar-refractivity contribution in [3.05, 3.63) is 33.0 Å². The van der Waals surface area contributed by atoms with Crippen molar-refractivity contribution in [2.75, 3.05) is 11.9 Å². The zero-order valence-corrected chi connectivity index (χ0v) is 15.0. The summed E-state index contributed by atoms with van der Waals surface area (Å²) >= 11 is 17.5. The number of ether oxygens (including phenoxy) is 1. The predicted molar refractivity (Wildman–Crippen MR) is 90.7 cm³/mol. The summed E-state index contributed by atoms with van der Waals surface area (Å²) in [6.45, 7) is 5.52. The number of aryl methyl sites for hydroxylation is 1. The third-order valence-electron chi connectivity index (χ3n) is 2.81. The number of rotatable bonds is 5. The molecule has 0 radical (unpaired) electrons. The largest absolute Gasteiger partial charge is 0.466 e. The molecule has 2 rings (SSSR count). The van der Waals surface area contributed by atoms with Crippen LogP contribution in [0.25, 0.3) is 0 Å². The van der Waals surface area contributed by atoms with Gasteiger partial charge < -0.3 is 10.1 Å². The summed E-state index contributed by atoms with van der Waals surface area (Å²) in [5.41, 5.74) is 0.809. The fraction of sp³-hybridized carbons (Fsp3) is 0.357. The number of aromatic nitrogens is 3. The minimum Gasteiger partial charge on any atom is -0.466 e. The van der Waals surface area contributed by atoms with Crippen molar-refractivity contribution in [1.82, 2.24) is 14.8 Å². The Morgan fingerprint density at radius 2 is 2.00 bits per heavy atom. The van der Waals surface area contributed by atoms with Gasteiger partial charge in [0.2, 0.25) is 5.88 Å². The Morgan fingerprint density at radius 1 is 1.30 bits per heavy atom. The lowest BCUT2D eigenvalue weighted by Gasteiger charge is -2.12. The van der Waals surface area contributed by atoms with E-state index in [1.165, 1.54) is 6.07 Å². The fourth-order valence-electron chi connectivity index (χ4n) is 1.85. The van der Waals surface area contributed by atoms with E-state index >= 15 is 0 Å². The van der Waals surface area contributed by atoms with Gasteiger partial charge in [-0.25, -0.2) is 4.68 Å². The molecule has 0 atom stereocenters. The molecule has 0 spiro atoms. The first kappa shape index (κ1) is 17.8. The molecular weight excluding hydrogens is 363 g/mol. The number of amides is 1. The first-order valence-corrected chi connectivity index (χ1v) is 7.91. The van der Waals surface area contributed by atoms with Crippen LogP contribution in [0, 0.1) is 6.92 Å². The van der Waals surface area contributed by atoms with Crippen molar-refractivity contribution in [3.63, 3.8) is 0 Å². The highest BCUT2D eigenvalue weighted by atomic mass is 35.5. The van der Waals surface area contributed by atoms with Crippen LogP contribution < -0.4 is 10.1 Å². The molecule has 6 nitrogen and oxygen atoms in total. The lowest BCUT2D eigenvalue weighted by molar-refractivity contribution is -0.118. The summed E-state index contributed by atoms with van der Waals surface area (Å²) in [4.78, 5) is 15.9. The molecule has 2 aromatic rings. The van der Waals surface area contributed by atoms with Crippen molar-refractivity contribution in [2.24, 2.45) is 0 Å². The molecule has 9 heteroatoms. The molecule has 2 heterocycles. The number of pyridine rings is 1. The molecule has 0 aliphatic heterocycles. The lowest BCUT2D eigenvalue weighted by Crippen LogP contribution is -2.23. The molecule has 0 aromatic carbocycles. The van der Waals surface area contributed by atoms with E-state index in [-0.39, 0.29) is 39.6 Å². The van der Waals surface area contributed by atoms with Gasteiger partial charge in [-0.3, -0.25) is 4.79 Å². The SMILES string of the molecule is Cc1cc(NC(=O)COc2nc(Cl)c(Cl)cc2Cl)n(C(C)C)n1. The molecule has 2 aromatic heterocycles. The number of halogens is 3. The van der Waals surface area contributed by atoms with Crippen LogP contribution in [0.1, 0.15) is 25.6 Å². The third-order valence-corrected chi connectivity index (χ3v) is 3.75. The van der Waals surface area contributed by atoms with Crippen LogP contribution in [0.3, 0.4) is 0 Å². The van der Waals surface area contributed by atoms with E-state index in [2.05, 4.69) is 15.4 Å². The van der Waals surface area contributed by atoms with Gasteiger partial charge in [-0.15, -0.1) is 0 Å².